The van der Waals surface area contributed by atoms with Gasteiger partial charge in [-0.1, -0.05) is 13.3 Å². The summed E-state index contributed by atoms with van der Waals surface area (Å²) in [5.41, 5.74) is 0. The second-order valence-corrected chi connectivity index (χ2v) is 5.16. The summed E-state index contributed by atoms with van der Waals surface area (Å²) >= 11 is 0. The van der Waals surface area contributed by atoms with Gasteiger partial charge < -0.3 is 10.1 Å². The van der Waals surface area contributed by atoms with Gasteiger partial charge >= 0.3 is 0 Å². The van der Waals surface area contributed by atoms with Crippen molar-refractivity contribution in [2.75, 3.05) is 26.3 Å². The summed E-state index contributed by atoms with van der Waals surface area (Å²) in [7, 11) is 0. The van der Waals surface area contributed by atoms with E-state index in [-0.39, 0.29) is 0 Å². The molecule has 0 amide bonds. The highest BCUT2D eigenvalue weighted by Gasteiger charge is 2.31. The van der Waals surface area contributed by atoms with E-state index >= 15 is 0 Å². The van der Waals surface area contributed by atoms with Gasteiger partial charge in [-0.15, -0.1) is 0 Å². The largest absolute Gasteiger partial charge is 0.381 e. The zero-order valence-corrected chi connectivity index (χ0v) is 10.0. The van der Waals surface area contributed by atoms with Crippen molar-refractivity contribution in [3.8, 4) is 0 Å². The minimum atomic E-state index is 0.937. The molecule has 2 rings (SSSR count). The summed E-state index contributed by atoms with van der Waals surface area (Å²) in [4.78, 5) is 0. The Hall–Kier alpha value is -0.0800. The van der Waals surface area contributed by atoms with E-state index < -0.39 is 0 Å². The summed E-state index contributed by atoms with van der Waals surface area (Å²) in [6, 6.07) is 0. The molecule has 2 unspecified atom stereocenters. The highest BCUT2D eigenvalue weighted by atomic mass is 16.5. The molecule has 2 heteroatoms. The molecule has 0 radical (unpaired) electrons. The smallest absolute Gasteiger partial charge is 0.0468 e. The molecule has 2 aliphatic heterocycles. The van der Waals surface area contributed by atoms with E-state index in [1.165, 1.54) is 45.2 Å². The SMILES string of the molecule is CCCC1CNCCC1C1CCOCC1. The Labute approximate surface area is 93.8 Å². The second-order valence-electron chi connectivity index (χ2n) is 5.16. The van der Waals surface area contributed by atoms with E-state index in [0.717, 1.165) is 31.0 Å². The molecule has 15 heavy (non-hydrogen) atoms. The van der Waals surface area contributed by atoms with Crippen molar-refractivity contribution >= 4 is 0 Å². The second kappa shape index (κ2) is 5.86. The molecule has 0 aliphatic carbocycles. The zero-order valence-electron chi connectivity index (χ0n) is 10.0. The molecule has 0 aromatic heterocycles. The Bertz CT molecular complexity index is 165. The summed E-state index contributed by atoms with van der Waals surface area (Å²) in [6.07, 6.45) is 6.77. The van der Waals surface area contributed by atoms with Crippen molar-refractivity contribution in [3.63, 3.8) is 0 Å². The lowest BCUT2D eigenvalue weighted by atomic mass is 9.72. The van der Waals surface area contributed by atoms with Crippen LogP contribution in [0.15, 0.2) is 0 Å². The van der Waals surface area contributed by atoms with Crippen LogP contribution in [-0.2, 0) is 4.74 Å². The van der Waals surface area contributed by atoms with Crippen molar-refractivity contribution < 1.29 is 4.74 Å². The fourth-order valence-electron chi connectivity index (χ4n) is 3.39. The average Bonchev–Trinajstić information content (AvgIpc) is 2.31. The van der Waals surface area contributed by atoms with Crippen LogP contribution in [0.25, 0.3) is 0 Å². The first-order chi connectivity index (χ1) is 7.42. The monoisotopic (exact) mass is 211 g/mol. The van der Waals surface area contributed by atoms with Crippen LogP contribution in [0, 0.1) is 17.8 Å². The highest BCUT2D eigenvalue weighted by molar-refractivity contribution is 4.83. The number of ether oxygens (including phenoxy) is 1. The number of hydrogen-bond acceptors (Lipinski definition) is 2. The van der Waals surface area contributed by atoms with E-state index in [4.69, 9.17) is 4.74 Å². The lowest BCUT2D eigenvalue weighted by molar-refractivity contribution is 0.0247. The van der Waals surface area contributed by atoms with Crippen LogP contribution in [0.5, 0.6) is 0 Å². The molecule has 0 saturated carbocycles. The van der Waals surface area contributed by atoms with Crippen molar-refractivity contribution in [3.05, 3.63) is 0 Å². The molecule has 1 N–H and O–H groups in total. The molecular weight excluding hydrogens is 186 g/mol. The van der Waals surface area contributed by atoms with Gasteiger partial charge in [-0.05, 0) is 56.5 Å². The van der Waals surface area contributed by atoms with E-state index in [1.54, 1.807) is 0 Å². The molecule has 0 bridgehead atoms. The lowest BCUT2D eigenvalue weighted by Crippen LogP contribution is -2.41. The molecule has 0 aromatic rings. The fraction of sp³-hybridized carbons (Fsp3) is 1.00. The van der Waals surface area contributed by atoms with Crippen LogP contribution >= 0.6 is 0 Å². The summed E-state index contributed by atoms with van der Waals surface area (Å²) in [5, 5.41) is 3.56. The van der Waals surface area contributed by atoms with Crippen molar-refractivity contribution in [1.82, 2.24) is 5.32 Å². The molecule has 2 aliphatic rings. The zero-order chi connectivity index (χ0) is 10.5. The predicted molar refractivity (Wildman–Crippen MR) is 62.9 cm³/mol. The van der Waals surface area contributed by atoms with Crippen LogP contribution in [0.4, 0.5) is 0 Å². The first-order valence-electron chi connectivity index (χ1n) is 6.70. The van der Waals surface area contributed by atoms with Gasteiger partial charge in [0.25, 0.3) is 0 Å². The van der Waals surface area contributed by atoms with Gasteiger partial charge in [-0.25, -0.2) is 0 Å². The predicted octanol–water partition coefficient (Wildman–Crippen LogP) is 2.44. The quantitative estimate of drug-likeness (QED) is 0.774. The third-order valence-electron chi connectivity index (χ3n) is 4.20. The van der Waals surface area contributed by atoms with Gasteiger partial charge in [-0.3, -0.25) is 0 Å². The van der Waals surface area contributed by atoms with Crippen molar-refractivity contribution in [1.29, 1.82) is 0 Å². The lowest BCUT2D eigenvalue weighted by Gasteiger charge is -2.39. The van der Waals surface area contributed by atoms with Crippen molar-refractivity contribution in [2.45, 2.75) is 39.0 Å². The van der Waals surface area contributed by atoms with Gasteiger partial charge in [0.15, 0.2) is 0 Å². The summed E-state index contributed by atoms with van der Waals surface area (Å²) < 4.78 is 5.47. The van der Waals surface area contributed by atoms with Gasteiger partial charge in [0.1, 0.15) is 0 Å². The van der Waals surface area contributed by atoms with Gasteiger partial charge in [0.2, 0.25) is 0 Å². The third kappa shape index (κ3) is 2.94. The Kier molecular flexibility index (Phi) is 4.45. The first kappa shape index (κ1) is 11.4. The number of hydrogen-bond donors (Lipinski definition) is 1. The Morgan fingerprint density at radius 3 is 2.73 bits per heavy atom. The van der Waals surface area contributed by atoms with Crippen LogP contribution < -0.4 is 5.32 Å². The molecule has 0 aromatic carbocycles. The minimum Gasteiger partial charge on any atom is -0.381 e. The van der Waals surface area contributed by atoms with Gasteiger partial charge in [-0.2, -0.15) is 0 Å². The van der Waals surface area contributed by atoms with Crippen LogP contribution in [0.1, 0.15) is 39.0 Å². The average molecular weight is 211 g/mol. The molecule has 2 atom stereocenters. The van der Waals surface area contributed by atoms with Gasteiger partial charge in [0, 0.05) is 13.2 Å². The fourth-order valence-corrected chi connectivity index (χ4v) is 3.39. The van der Waals surface area contributed by atoms with Crippen LogP contribution in [0.3, 0.4) is 0 Å². The normalized spacial score (nSPS) is 34.2. The molecule has 2 saturated heterocycles. The van der Waals surface area contributed by atoms with E-state index in [2.05, 4.69) is 12.2 Å². The van der Waals surface area contributed by atoms with Gasteiger partial charge in [0.05, 0.1) is 0 Å². The van der Waals surface area contributed by atoms with Crippen LogP contribution in [-0.4, -0.2) is 26.3 Å². The molecule has 2 nitrogen and oxygen atoms in total. The Morgan fingerprint density at radius 2 is 2.00 bits per heavy atom. The molecule has 2 fully saturated rings. The van der Waals surface area contributed by atoms with E-state index in [9.17, 15) is 0 Å². The van der Waals surface area contributed by atoms with Crippen LogP contribution in [0.2, 0.25) is 0 Å². The molecular formula is C13H25NO. The minimum absolute atomic E-state index is 0.937. The highest BCUT2D eigenvalue weighted by Crippen LogP contribution is 2.35. The van der Waals surface area contributed by atoms with E-state index in [1.807, 2.05) is 0 Å². The summed E-state index contributed by atoms with van der Waals surface area (Å²) in [5.74, 6) is 2.87. The Morgan fingerprint density at radius 1 is 1.20 bits per heavy atom. The number of nitrogens with one attached hydrogen (secondary N) is 1. The molecule has 0 spiro atoms. The van der Waals surface area contributed by atoms with Crippen molar-refractivity contribution in [2.24, 2.45) is 17.8 Å². The molecule has 2 heterocycles. The Balaban J connectivity index is 1.90. The maximum atomic E-state index is 5.47. The topological polar surface area (TPSA) is 21.3 Å². The molecule has 88 valence electrons. The van der Waals surface area contributed by atoms with E-state index in [0.29, 0.717) is 0 Å². The summed E-state index contributed by atoms with van der Waals surface area (Å²) in [6.45, 7) is 6.83. The number of piperidine rings is 1. The number of rotatable bonds is 3. The third-order valence-corrected chi connectivity index (χ3v) is 4.20. The first-order valence-corrected chi connectivity index (χ1v) is 6.70. The standard InChI is InChI=1S/C13H25NO/c1-2-3-12-10-14-7-4-13(12)11-5-8-15-9-6-11/h11-14H,2-10H2,1H3. The maximum absolute atomic E-state index is 5.47. The maximum Gasteiger partial charge on any atom is 0.0468 e.